The largest absolute Gasteiger partial charge is 0.360 e. The Morgan fingerprint density at radius 2 is 2.05 bits per heavy atom. The van der Waals surface area contributed by atoms with Gasteiger partial charge >= 0.3 is 0 Å². The Morgan fingerprint density at radius 1 is 1.32 bits per heavy atom. The van der Waals surface area contributed by atoms with Crippen LogP contribution in [0.15, 0.2) is 28.8 Å². The summed E-state index contributed by atoms with van der Waals surface area (Å²) < 4.78 is 17.3. The van der Waals surface area contributed by atoms with Gasteiger partial charge in [0.15, 0.2) is 5.82 Å². The van der Waals surface area contributed by atoms with E-state index in [1.165, 1.54) is 0 Å². The van der Waals surface area contributed by atoms with Gasteiger partial charge in [0, 0.05) is 22.6 Å². The van der Waals surface area contributed by atoms with E-state index in [1.54, 1.807) is 19.9 Å². The van der Waals surface area contributed by atoms with Crippen LogP contribution in [0.3, 0.4) is 0 Å². The van der Waals surface area contributed by atoms with Gasteiger partial charge in [0.25, 0.3) is 0 Å². The minimum atomic E-state index is -1.30. The van der Waals surface area contributed by atoms with E-state index in [2.05, 4.69) is 10.5 Å². The zero-order chi connectivity index (χ0) is 16.3. The monoisotopic (exact) mass is 320 g/mol. The highest BCUT2D eigenvalue weighted by Gasteiger charge is 2.21. The lowest BCUT2D eigenvalue weighted by molar-refractivity contribution is -0.115. The van der Waals surface area contributed by atoms with E-state index in [1.807, 2.05) is 32.0 Å². The third-order valence-electron chi connectivity index (χ3n) is 3.45. The summed E-state index contributed by atoms with van der Waals surface area (Å²) in [4.78, 5) is 12.1. The van der Waals surface area contributed by atoms with E-state index in [9.17, 15) is 9.00 Å². The fraction of sp³-hybridized carbons (Fsp3) is 0.375. The summed E-state index contributed by atoms with van der Waals surface area (Å²) in [5.41, 5.74) is 3.21. The first kappa shape index (κ1) is 16.4. The number of nitrogens with zero attached hydrogens (tertiary/aromatic N) is 1. The molecule has 0 saturated heterocycles. The van der Waals surface area contributed by atoms with Crippen molar-refractivity contribution in [2.45, 2.75) is 38.7 Å². The van der Waals surface area contributed by atoms with Gasteiger partial charge in [-0.3, -0.25) is 9.00 Å². The Balaban J connectivity index is 2.02. The van der Waals surface area contributed by atoms with E-state index in [0.717, 1.165) is 16.7 Å². The van der Waals surface area contributed by atoms with Crippen molar-refractivity contribution in [2.75, 3.05) is 5.32 Å². The highest BCUT2D eigenvalue weighted by atomic mass is 32.2. The number of hydrogen-bond acceptors (Lipinski definition) is 4. The van der Waals surface area contributed by atoms with Crippen LogP contribution in [0, 0.1) is 20.8 Å². The molecule has 0 aliphatic heterocycles. The third-order valence-corrected chi connectivity index (χ3v) is 5.04. The van der Waals surface area contributed by atoms with Crippen molar-refractivity contribution in [3.63, 3.8) is 0 Å². The van der Waals surface area contributed by atoms with Crippen molar-refractivity contribution in [2.24, 2.45) is 0 Å². The number of aryl methyl sites for hydroxylation is 3. The Bertz CT molecular complexity index is 709. The topological polar surface area (TPSA) is 72.2 Å². The highest BCUT2D eigenvalue weighted by molar-refractivity contribution is 7.85. The summed E-state index contributed by atoms with van der Waals surface area (Å²) in [7, 11) is -1.30. The molecule has 2 rings (SSSR count). The van der Waals surface area contributed by atoms with Gasteiger partial charge in [0.1, 0.15) is 11.0 Å². The number of aromatic nitrogens is 1. The molecule has 1 heterocycles. The summed E-state index contributed by atoms with van der Waals surface area (Å²) in [5, 5.41) is 5.69. The van der Waals surface area contributed by atoms with Crippen LogP contribution in [0.1, 0.15) is 29.4 Å². The molecule has 0 fully saturated rings. The number of amides is 1. The van der Waals surface area contributed by atoms with Crippen molar-refractivity contribution in [1.82, 2.24) is 5.16 Å². The van der Waals surface area contributed by atoms with Gasteiger partial charge in [-0.15, -0.1) is 0 Å². The maximum absolute atomic E-state index is 12.4. The smallest absolute Gasteiger partial charge is 0.241 e. The van der Waals surface area contributed by atoms with Crippen LogP contribution < -0.4 is 5.32 Å². The second-order valence-corrected chi connectivity index (χ2v) is 7.17. The lowest BCUT2D eigenvalue weighted by atomic mass is 10.1. The number of hydrogen-bond donors (Lipinski definition) is 1. The Kier molecular flexibility index (Phi) is 5.13. The van der Waals surface area contributed by atoms with Gasteiger partial charge in [-0.25, -0.2) is 0 Å². The van der Waals surface area contributed by atoms with Crippen molar-refractivity contribution >= 4 is 22.5 Å². The third kappa shape index (κ3) is 4.04. The number of rotatable bonds is 5. The van der Waals surface area contributed by atoms with Gasteiger partial charge in [-0.1, -0.05) is 28.9 Å². The molecule has 1 amide bonds. The predicted octanol–water partition coefficient (Wildman–Crippen LogP) is 2.88. The molecule has 0 aliphatic rings. The van der Waals surface area contributed by atoms with Crippen molar-refractivity contribution in [3.05, 3.63) is 46.7 Å². The van der Waals surface area contributed by atoms with Crippen LogP contribution in [0.4, 0.5) is 5.82 Å². The van der Waals surface area contributed by atoms with Crippen molar-refractivity contribution in [1.29, 1.82) is 0 Å². The number of carbonyl (C=O) groups excluding carboxylic acids is 1. The van der Waals surface area contributed by atoms with E-state index in [4.69, 9.17) is 4.52 Å². The first-order valence-corrected chi connectivity index (χ1v) is 8.42. The molecule has 0 radical (unpaired) electrons. The van der Waals surface area contributed by atoms with Gasteiger partial charge in [0.2, 0.25) is 5.91 Å². The summed E-state index contributed by atoms with van der Waals surface area (Å²) in [6.45, 7) is 7.37. The second kappa shape index (κ2) is 6.87. The molecule has 2 atom stereocenters. The van der Waals surface area contributed by atoms with Gasteiger partial charge < -0.3 is 9.84 Å². The number of anilines is 1. The maximum Gasteiger partial charge on any atom is 0.241 e. The van der Waals surface area contributed by atoms with Gasteiger partial charge in [-0.2, -0.15) is 0 Å². The summed E-state index contributed by atoms with van der Waals surface area (Å²) >= 11 is 0. The minimum absolute atomic E-state index is 0.322. The van der Waals surface area contributed by atoms with Crippen molar-refractivity contribution in [3.8, 4) is 0 Å². The molecule has 1 N–H and O–H groups in total. The Hall–Kier alpha value is -1.95. The van der Waals surface area contributed by atoms with E-state index in [-0.39, 0.29) is 5.91 Å². The maximum atomic E-state index is 12.4. The minimum Gasteiger partial charge on any atom is -0.360 e. The van der Waals surface area contributed by atoms with Crippen LogP contribution in [-0.2, 0) is 21.3 Å². The lowest BCUT2D eigenvalue weighted by Crippen LogP contribution is -2.30. The first-order chi connectivity index (χ1) is 10.4. The Labute approximate surface area is 132 Å². The summed E-state index contributed by atoms with van der Waals surface area (Å²) in [6.07, 6.45) is 0. The molecule has 118 valence electrons. The Morgan fingerprint density at radius 3 is 2.68 bits per heavy atom. The average Bonchev–Trinajstić information content (AvgIpc) is 2.87. The molecule has 1 aromatic heterocycles. The molecular formula is C16H20N2O3S. The lowest BCUT2D eigenvalue weighted by Gasteiger charge is -2.12. The normalized spacial score (nSPS) is 13.6. The molecule has 2 aromatic rings. The van der Waals surface area contributed by atoms with Crippen LogP contribution >= 0.6 is 0 Å². The molecule has 0 unspecified atom stereocenters. The van der Waals surface area contributed by atoms with Gasteiger partial charge in [0.05, 0.1) is 0 Å². The van der Waals surface area contributed by atoms with Gasteiger partial charge in [-0.05, 0) is 38.8 Å². The standard InChI is InChI=1S/C16H20N2O3S/c1-10-5-6-11(2)14(7-10)9-22(20)13(4)16(19)17-15-8-12(3)21-18-15/h5-8,13H,9H2,1-4H3,(H,17,18,19)/t13-,22-/m1/s1. The van der Waals surface area contributed by atoms with E-state index >= 15 is 0 Å². The molecule has 0 spiro atoms. The molecule has 6 heteroatoms. The van der Waals surface area contributed by atoms with Crippen LogP contribution in [0.25, 0.3) is 0 Å². The molecule has 0 aliphatic carbocycles. The van der Waals surface area contributed by atoms with E-state index in [0.29, 0.717) is 17.3 Å². The van der Waals surface area contributed by atoms with Crippen LogP contribution in [-0.4, -0.2) is 20.5 Å². The fourth-order valence-corrected chi connectivity index (χ4v) is 3.17. The zero-order valence-electron chi connectivity index (χ0n) is 13.2. The molecular weight excluding hydrogens is 300 g/mol. The molecule has 5 nitrogen and oxygen atoms in total. The second-order valence-electron chi connectivity index (χ2n) is 5.41. The number of carbonyl (C=O) groups is 1. The number of benzene rings is 1. The van der Waals surface area contributed by atoms with Crippen molar-refractivity contribution < 1.29 is 13.5 Å². The predicted molar refractivity (Wildman–Crippen MR) is 87.1 cm³/mol. The van der Waals surface area contributed by atoms with E-state index < -0.39 is 16.0 Å². The van der Waals surface area contributed by atoms with Crippen LogP contribution in [0.2, 0.25) is 0 Å². The fourth-order valence-electron chi connectivity index (χ4n) is 2.01. The average molecular weight is 320 g/mol. The van der Waals surface area contributed by atoms with Crippen LogP contribution in [0.5, 0.6) is 0 Å². The quantitative estimate of drug-likeness (QED) is 0.919. The molecule has 22 heavy (non-hydrogen) atoms. The SMILES string of the molecule is Cc1ccc(C)c(C[S@@](=O)[C@H](C)C(=O)Nc2cc(C)on2)c1. The summed E-state index contributed by atoms with van der Waals surface area (Å²) in [5.74, 6) is 0.995. The zero-order valence-corrected chi connectivity index (χ0v) is 14.0. The molecule has 0 saturated carbocycles. The molecule has 1 aromatic carbocycles. The highest BCUT2D eigenvalue weighted by Crippen LogP contribution is 2.16. The first-order valence-electron chi connectivity index (χ1n) is 7.04. The summed E-state index contributed by atoms with van der Waals surface area (Å²) in [6, 6.07) is 7.66. The number of nitrogens with one attached hydrogen (secondary N) is 1. The molecule has 0 bridgehead atoms.